The Bertz CT molecular complexity index is 363. The van der Waals surface area contributed by atoms with Gasteiger partial charge in [-0.2, -0.15) is 0 Å². The van der Waals surface area contributed by atoms with E-state index in [9.17, 15) is 9.82 Å². The maximum atomic E-state index is 10.7. The highest BCUT2D eigenvalue weighted by Gasteiger charge is 2.30. The molecule has 0 amide bonds. The summed E-state index contributed by atoms with van der Waals surface area (Å²) in [5.74, 6) is -0.991. The molecule has 5 heteroatoms. The Balaban J connectivity index is 2.57. The molecule has 0 fully saturated rings. The van der Waals surface area contributed by atoms with Crippen LogP contribution in [0.2, 0.25) is 0 Å². The predicted molar refractivity (Wildman–Crippen MR) is 45.8 cm³/mol. The van der Waals surface area contributed by atoms with Crippen molar-refractivity contribution in [1.82, 2.24) is 0 Å². The number of carboxylic acid groups (broad SMARTS) is 1. The number of carbonyl (C=O) groups is 1. The molecule has 13 heavy (non-hydrogen) atoms. The molecule has 1 aromatic rings. The van der Waals surface area contributed by atoms with E-state index in [1.54, 1.807) is 12.1 Å². The molecule has 0 aliphatic carbocycles. The molecule has 2 rings (SSSR count). The van der Waals surface area contributed by atoms with E-state index in [-0.39, 0.29) is 12.2 Å². The highest BCUT2D eigenvalue weighted by Crippen LogP contribution is 2.14. The van der Waals surface area contributed by atoms with Gasteiger partial charge in [-0.1, -0.05) is 12.1 Å². The SMILES string of the molecule is O=C(O)c1cccc2c1COB2O. The lowest BCUT2D eigenvalue weighted by atomic mass is 9.78. The molecule has 0 radical (unpaired) electrons. The van der Waals surface area contributed by atoms with Gasteiger partial charge in [-0.25, -0.2) is 4.79 Å². The molecule has 0 aromatic heterocycles. The number of hydrogen-bond donors (Lipinski definition) is 2. The van der Waals surface area contributed by atoms with E-state index in [0.29, 0.717) is 11.0 Å². The highest BCUT2D eigenvalue weighted by atomic mass is 16.5. The standard InChI is InChI=1S/C8H7BO4/c10-8(11)5-2-1-3-7-6(5)4-13-9(7)12/h1-3,12H,4H2,(H,10,11). The summed E-state index contributed by atoms with van der Waals surface area (Å²) in [5.41, 5.74) is 1.33. The number of carboxylic acids is 1. The van der Waals surface area contributed by atoms with Gasteiger partial charge >= 0.3 is 13.1 Å². The van der Waals surface area contributed by atoms with Gasteiger partial charge in [0, 0.05) is 0 Å². The number of fused-ring (bicyclic) bond motifs is 1. The zero-order valence-electron chi connectivity index (χ0n) is 6.73. The van der Waals surface area contributed by atoms with Gasteiger partial charge in [0.05, 0.1) is 12.2 Å². The van der Waals surface area contributed by atoms with Crippen molar-refractivity contribution in [2.45, 2.75) is 6.61 Å². The van der Waals surface area contributed by atoms with Crippen molar-refractivity contribution in [3.8, 4) is 0 Å². The van der Waals surface area contributed by atoms with Crippen LogP contribution in [0.5, 0.6) is 0 Å². The van der Waals surface area contributed by atoms with Gasteiger partial charge in [-0.15, -0.1) is 0 Å². The minimum Gasteiger partial charge on any atom is -0.478 e. The lowest BCUT2D eigenvalue weighted by Crippen LogP contribution is -2.28. The molecule has 0 bridgehead atoms. The lowest BCUT2D eigenvalue weighted by molar-refractivity contribution is 0.0694. The van der Waals surface area contributed by atoms with E-state index in [2.05, 4.69) is 0 Å². The van der Waals surface area contributed by atoms with Crippen molar-refractivity contribution in [3.63, 3.8) is 0 Å². The molecule has 0 saturated heterocycles. The van der Waals surface area contributed by atoms with Crippen molar-refractivity contribution >= 4 is 18.6 Å². The smallest absolute Gasteiger partial charge is 0.478 e. The highest BCUT2D eigenvalue weighted by molar-refractivity contribution is 6.61. The summed E-state index contributed by atoms with van der Waals surface area (Å²) in [6.45, 7) is 0.166. The first-order chi connectivity index (χ1) is 6.20. The van der Waals surface area contributed by atoms with Crippen molar-refractivity contribution in [1.29, 1.82) is 0 Å². The Labute approximate surface area is 74.9 Å². The Morgan fingerprint density at radius 3 is 3.00 bits per heavy atom. The lowest BCUT2D eigenvalue weighted by Gasteiger charge is -2.01. The second kappa shape index (κ2) is 2.87. The molecule has 0 saturated carbocycles. The van der Waals surface area contributed by atoms with E-state index in [0.717, 1.165) is 0 Å². The van der Waals surface area contributed by atoms with Crippen LogP contribution in [0.15, 0.2) is 18.2 Å². The largest absolute Gasteiger partial charge is 0.491 e. The average molecular weight is 178 g/mol. The first-order valence-corrected chi connectivity index (χ1v) is 3.85. The Hall–Kier alpha value is -1.33. The molecule has 0 spiro atoms. The number of hydrogen-bond acceptors (Lipinski definition) is 3. The molecule has 0 atom stereocenters. The van der Waals surface area contributed by atoms with Crippen molar-refractivity contribution in [2.24, 2.45) is 0 Å². The first kappa shape index (κ1) is 8.28. The molecule has 2 N–H and O–H groups in total. The fraction of sp³-hybridized carbons (Fsp3) is 0.125. The minimum absolute atomic E-state index is 0.166. The van der Waals surface area contributed by atoms with Crippen molar-refractivity contribution < 1.29 is 19.6 Å². The zero-order chi connectivity index (χ0) is 9.42. The maximum absolute atomic E-state index is 10.7. The molecule has 0 unspecified atom stereocenters. The molecule has 4 nitrogen and oxygen atoms in total. The van der Waals surface area contributed by atoms with Crippen LogP contribution < -0.4 is 5.46 Å². The molecule has 66 valence electrons. The molecule has 1 aliphatic rings. The summed E-state index contributed by atoms with van der Waals surface area (Å²) in [6, 6.07) is 4.77. The summed E-state index contributed by atoms with van der Waals surface area (Å²) in [5, 5.41) is 18.1. The van der Waals surface area contributed by atoms with Gasteiger partial charge in [0.1, 0.15) is 0 Å². The molecular weight excluding hydrogens is 171 g/mol. The van der Waals surface area contributed by atoms with Crippen LogP contribution in [-0.4, -0.2) is 23.2 Å². The van der Waals surface area contributed by atoms with E-state index in [1.165, 1.54) is 6.07 Å². The van der Waals surface area contributed by atoms with Gasteiger partial charge in [-0.3, -0.25) is 0 Å². The predicted octanol–water partition coefficient (Wildman–Crippen LogP) is -0.398. The van der Waals surface area contributed by atoms with Gasteiger partial charge in [0.15, 0.2) is 0 Å². The fourth-order valence-electron chi connectivity index (χ4n) is 1.45. The van der Waals surface area contributed by atoms with Crippen LogP contribution in [-0.2, 0) is 11.3 Å². The fourth-order valence-corrected chi connectivity index (χ4v) is 1.45. The summed E-state index contributed by atoms with van der Waals surface area (Å²) in [7, 11) is -0.978. The van der Waals surface area contributed by atoms with Gasteiger partial charge in [0.2, 0.25) is 0 Å². The maximum Gasteiger partial charge on any atom is 0.491 e. The van der Waals surface area contributed by atoms with Crippen LogP contribution in [0, 0.1) is 0 Å². The Kier molecular flexibility index (Phi) is 1.83. The summed E-state index contributed by atoms with van der Waals surface area (Å²) in [4.78, 5) is 10.7. The third-order valence-corrected chi connectivity index (χ3v) is 2.09. The zero-order valence-corrected chi connectivity index (χ0v) is 6.73. The number of rotatable bonds is 1. The summed E-state index contributed by atoms with van der Waals surface area (Å²) < 4.78 is 4.91. The normalized spacial score (nSPS) is 14.4. The molecule has 1 aromatic carbocycles. The van der Waals surface area contributed by atoms with Crippen LogP contribution in [0.3, 0.4) is 0 Å². The van der Waals surface area contributed by atoms with E-state index < -0.39 is 13.1 Å². The van der Waals surface area contributed by atoms with E-state index >= 15 is 0 Å². The van der Waals surface area contributed by atoms with Crippen LogP contribution in [0.1, 0.15) is 15.9 Å². The Morgan fingerprint density at radius 1 is 1.54 bits per heavy atom. The van der Waals surface area contributed by atoms with Crippen LogP contribution >= 0.6 is 0 Å². The van der Waals surface area contributed by atoms with Gasteiger partial charge in [0.25, 0.3) is 0 Å². The first-order valence-electron chi connectivity index (χ1n) is 3.85. The van der Waals surface area contributed by atoms with Crippen molar-refractivity contribution in [3.05, 3.63) is 29.3 Å². The second-order valence-electron chi connectivity index (χ2n) is 2.84. The van der Waals surface area contributed by atoms with Crippen LogP contribution in [0.25, 0.3) is 0 Å². The molecule has 1 aliphatic heterocycles. The van der Waals surface area contributed by atoms with Gasteiger partial charge in [-0.05, 0) is 17.1 Å². The molecule has 1 heterocycles. The monoisotopic (exact) mass is 178 g/mol. The second-order valence-corrected chi connectivity index (χ2v) is 2.84. The minimum atomic E-state index is -0.991. The third-order valence-electron chi connectivity index (χ3n) is 2.09. The van der Waals surface area contributed by atoms with Gasteiger partial charge < -0.3 is 14.8 Å². The Morgan fingerprint density at radius 2 is 2.31 bits per heavy atom. The summed E-state index contributed by atoms with van der Waals surface area (Å²) >= 11 is 0. The quantitative estimate of drug-likeness (QED) is 0.574. The topological polar surface area (TPSA) is 66.8 Å². The summed E-state index contributed by atoms with van der Waals surface area (Å²) in [6.07, 6.45) is 0. The van der Waals surface area contributed by atoms with E-state index in [4.69, 9.17) is 9.76 Å². The third kappa shape index (κ3) is 1.22. The molecular formula is C8H7BO4. The van der Waals surface area contributed by atoms with Crippen molar-refractivity contribution in [2.75, 3.05) is 0 Å². The van der Waals surface area contributed by atoms with Crippen LogP contribution in [0.4, 0.5) is 0 Å². The average Bonchev–Trinajstić information content (AvgIpc) is 2.48. The van der Waals surface area contributed by atoms with E-state index in [1.807, 2.05) is 0 Å². The number of benzene rings is 1. The number of aromatic carboxylic acids is 1.